The Morgan fingerprint density at radius 2 is 1.69 bits per heavy atom. The first kappa shape index (κ1) is 18.7. The predicted molar refractivity (Wildman–Crippen MR) is 103 cm³/mol. The topological polar surface area (TPSA) is 36.0 Å². The average molecular weight is 364 g/mol. The van der Waals surface area contributed by atoms with E-state index < -0.39 is 0 Å². The number of amides is 1. The number of morpholine rings is 1. The van der Waals surface area contributed by atoms with E-state index in [1.54, 1.807) is 0 Å². The molecule has 0 spiro atoms. The maximum absolute atomic E-state index is 13.0. The van der Waals surface area contributed by atoms with Gasteiger partial charge in [0.25, 0.3) is 0 Å². The van der Waals surface area contributed by atoms with Crippen LogP contribution in [0.25, 0.3) is 0 Å². The summed E-state index contributed by atoms with van der Waals surface area (Å²) in [5, 5.41) is 0. The summed E-state index contributed by atoms with van der Waals surface area (Å²) in [5.41, 5.74) is 0. The van der Waals surface area contributed by atoms with Gasteiger partial charge in [0.2, 0.25) is 5.91 Å². The average Bonchev–Trinajstić information content (AvgIpc) is 3.55. The van der Waals surface area contributed by atoms with E-state index in [1.807, 2.05) is 0 Å². The number of carbonyl (C=O) groups excluding carboxylic acids is 1. The lowest BCUT2D eigenvalue weighted by molar-refractivity contribution is -0.136. The number of hydrogen-bond donors (Lipinski definition) is 0. The second-order valence-electron chi connectivity index (χ2n) is 8.84. The molecule has 1 unspecified atom stereocenters. The summed E-state index contributed by atoms with van der Waals surface area (Å²) in [6.45, 7) is 8.02. The molecule has 0 aromatic carbocycles. The van der Waals surface area contributed by atoms with Crippen molar-refractivity contribution in [2.24, 2.45) is 5.92 Å². The van der Waals surface area contributed by atoms with Gasteiger partial charge in [0.1, 0.15) is 0 Å². The van der Waals surface area contributed by atoms with Crippen molar-refractivity contribution in [1.29, 1.82) is 0 Å². The second-order valence-corrected chi connectivity index (χ2v) is 8.84. The Morgan fingerprint density at radius 1 is 0.923 bits per heavy atom. The maximum atomic E-state index is 13.0. The Bertz CT molecular complexity index is 456. The molecule has 2 aliphatic heterocycles. The van der Waals surface area contributed by atoms with Gasteiger partial charge in [0.05, 0.1) is 13.2 Å². The molecule has 2 aliphatic carbocycles. The molecule has 4 rings (SSSR count). The first-order chi connectivity index (χ1) is 12.8. The smallest absolute Gasteiger partial charge is 0.226 e. The summed E-state index contributed by atoms with van der Waals surface area (Å²) < 4.78 is 5.47. The van der Waals surface area contributed by atoms with Gasteiger partial charge in [-0.1, -0.05) is 19.3 Å². The van der Waals surface area contributed by atoms with Crippen LogP contribution in [0.1, 0.15) is 57.8 Å². The van der Waals surface area contributed by atoms with Crippen LogP contribution in [0.3, 0.4) is 0 Å². The van der Waals surface area contributed by atoms with Crippen molar-refractivity contribution >= 4 is 5.91 Å². The Morgan fingerprint density at radius 3 is 2.42 bits per heavy atom. The van der Waals surface area contributed by atoms with Gasteiger partial charge < -0.3 is 9.64 Å². The van der Waals surface area contributed by atoms with Crippen LogP contribution in [0.2, 0.25) is 0 Å². The van der Waals surface area contributed by atoms with E-state index >= 15 is 0 Å². The van der Waals surface area contributed by atoms with Crippen molar-refractivity contribution in [2.45, 2.75) is 69.9 Å². The summed E-state index contributed by atoms with van der Waals surface area (Å²) in [6, 6.07) is 1.23. The summed E-state index contributed by atoms with van der Waals surface area (Å²) in [7, 11) is 0. The van der Waals surface area contributed by atoms with Crippen molar-refractivity contribution < 1.29 is 9.53 Å². The number of piperidine rings is 1. The van der Waals surface area contributed by atoms with Gasteiger partial charge >= 0.3 is 0 Å². The summed E-state index contributed by atoms with van der Waals surface area (Å²) >= 11 is 0. The van der Waals surface area contributed by atoms with Crippen LogP contribution in [0, 0.1) is 5.92 Å². The highest BCUT2D eigenvalue weighted by atomic mass is 16.5. The largest absolute Gasteiger partial charge is 0.379 e. The molecule has 0 aromatic rings. The van der Waals surface area contributed by atoms with Gasteiger partial charge in [0, 0.05) is 50.7 Å². The second kappa shape index (κ2) is 9.03. The number of ether oxygens (including phenoxy) is 1. The van der Waals surface area contributed by atoms with Gasteiger partial charge in [-0.25, -0.2) is 0 Å². The van der Waals surface area contributed by atoms with Gasteiger partial charge in [-0.2, -0.15) is 0 Å². The first-order valence-corrected chi connectivity index (χ1v) is 11.2. The first-order valence-electron chi connectivity index (χ1n) is 11.2. The van der Waals surface area contributed by atoms with E-state index in [2.05, 4.69) is 14.7 Å². The van der Waals surface area contributed by atoms with Crippen LogP contribution in [-0.2, 0) is 9.53 Å². The highest BCUT2D eigenvalue weighted by Gasteiger charge is 2.38. The molecular weight excluding hydrogens is 326 g/mol. The molecule has 2 heterocycles. The fourth-order valence-electron chi connectivity index (χ4n) is 5.13. The number of nitrogens with zero attached hydrogens (tertiary/aromatic N) is 3. The number of hydrogen-bond acceptors (Lipinski definition) is 4. The molecule has 0 N–H and O–H groups in total. The molecule has 4 aliphatic rings. The van der Waals surface area contributed by atoms with Crippen LogP contribution in [-0.4, -0.2) is 85.2 Å². The molecule has 0 radical (unpaired) electrons. The van der Waals surface area contributed by atoms with Gasteiger partial charge in [-0.05, 0) is 45.1 Å². The minimum absolute atomic E-state index is 0.338. The highest BCUT2D eigenvalue weighted by molar-refractivity contribution is 5.81. The van der Waals surface area contributed by atoms with Crippen molar-refractivity contribution in [3.05, 3.63) is 0 Å². The van der Waals surface area contributed by atoms with E-state index in [0.717, 1.165) is 64.8 Å². The third-order valence-electron chi connectivity index (χ3n) is 6.93. The highest BCUT2D eigenvalue weighted by Crippen LogP contribution is 2.33. The van der Waals surface area contributed by atoms with Gasteiger partial charge in [-0.15, -0.1) is 0 Å². The zero-order valence-corrected chi connectivity index (χ0v) is 16.4. The Hall–Kier alpha value is -0.650. The van der Waals surface area contributed by atoms with Gasteiger partial charge in [0.15, 0.2) is 0 Å². The standard InChI is InChI=1S/C21H37N3O2/c25-21(18-8-9-18)24(12-11-22-13-15-26-16-14-22)20-7-4-10-23(17-20)19-5-2-1-3-6-19/h18-20H,1-17H2. The Labute approximate surface area is 159 Å². The minimum Gasteiger partial charge on any atom is -0.379 e. The third-order valence-corrected chi connectivity index (χ3v) is 6.93. The third kappa shape index (κ3) is 4.79. The Balaban J connectivity index is 1.36. The van der Waals surface area contributed by atoms with E-state index in [0.29, 0.717) is 17.9 Å². The quantitative estimate of drug-likeness (QED) is 0.726. The SMILES string of the molecule is O=C(C1CC1)N(CCN1CCOCC1)C1CCCN(C2CCCCC2)C1. The van der Waals surface area contributed by atoms with Crippen LogP contribution in [0.5, 0.6) is 0 Å². The lowest BCUT2D eigenvalue weighted by Crippen LogP contribution is -2.55. The van der Waals surface area contributed by atoms with Gasteiger partial charge in [-0.3, -0.25) is 14.6 Å². The molecule has 26 heavy (non-hydrogen) atoms. The molecule has 5 nitrogen and oxygen atoms in total. The fraction of sp³-hybridized carbons (Fsp3) is 0.952. The molecule has 148 valence electrons. The Kier molecular flexibility index (Phi) is 6.49. The van der Waals surface area contributed by atoms with E-state index in [4.69, 9.17) is 4.74 Å². The van der Waals surface area contributed by atoms with Crippen molar-refractivity contribution in [3.63, 3.8) is 0 Å². The van der Waals surface area contributed by atoms with Crippen molar-refractivity contribution in [2.75, 3.05) is 52.5 Å². The minimum atomic E-state index is 0.338. The normalized spacial score (nSPS) is 29.6. The van der Waals surface area contributed by atoms with Crippen LogP contribution < -0.4 is 0 Å². The molecule has 4 fully saturated rings. The molecular formula is C21H37N3O2. The number of rotatable bonds is 6. The summed E-state index contributed by atoms with van der Waals surface area (Å²) in [6.07, 6.45) is 11.6. The lowest BCUT2D eigenvalue weighted by atomic mass is 9.91. The molecule has 2 saturated carbocycles. The molecule has 1 atom stereocenters. The maximum Gasteiger partial charge on any atom is 0.226 e. The van der Waals surface area contributed by atoms with Crippen LogP contribution >= 0.6 is 0 Å². The number of carbonyl (C=O) groups is 1. The zero-order valence-electron chi connectivity index (χ0n) is 16.4. The van der Waals surface area contributed by atoms with Crippen molar-refractivity contribution in [3.8, 4) is 0 Å². The van der Waals surface area contributed by atoms with Crippen LogP contribution in [0.4, 0.5) is 0 Å². The van der Waals surface area contributed by atoms with E-state index in [-0.39, 0.29) is 0 Å². The summed E-state index contributed by atoms with van der Waals surface area (Å²) in [5.74, 6) is 0.790. The van der Waals surface area contributed by atoms with Crippen molar-refractivity contribution in [1.82, 2.24) is 14.7 Å². The van der Waals surface area contributed by atoms with Crippen LogP contribution in [0.15, 0.2) is 0 Å². The molecule has 1 amide bonds. The summed E-state index contributed by atoms with van der Waals surface area (Å²) in [4.78, 5) is 20.5. The fourth-order valence-corrected chi connectivity index (χ4v) is 5.13. The lowest BCUT2D eigenvalue weighted by Gasteiger charge is -2.44. The molecule has 2 saturated heterocycles. The van der Waals surface area contributed by atoms with E-state index in [1.165, 1.54) is 51.5 Å². The molecule has 0 bridgehead atoms. The monoisotopic (exact) mass is 363 g/mol. The zero-order chi connectivity index (χ0) is 17.8. The molecule has 5 heteroatoms. The predicted octanol–water partition coefficient (Wildman–Crippen LogP) is 2.35. The van der Waals surface area contributed by atoms with E-state index in [9.17, 15) is 4.79 Å². The molecule has 0 aromatic heterocycles. The number of likely N-dealkylation sites (tertiary alicyclic amines) is 1.